The minimum absolute atomic E-state index is 0.245. The summed E-state index contributed by atoms with van der Waals surface area (Å²) in [6.07, 6.45) is 1.60. The van der Waals surface area contributed by atoms with Crippen LogP contribution in [0.5, 0.6) is 11.5 Å². The van der Waals surface area contributed by atoms with Crippen molar-refractivity contribution in [2.45, 2.75) is 33.1 Å². The van der Waals surface area contributed by atoms with Crippen LogP contribution in [0, 0.1) is 0 Å². The van der Waals surface area contributed by atoms with E-state index in [-0.39, 0.29) is 11.5 Å². The van der Waals surface area contributed by atoms with E-state index in [2.05, 4.69) is 10.6 Å². The third kappa shape index (κ3) is 5.92. The van der Waals surface area contributed by atoms with Gasteiger partial charge in [-0.3, -0.25) is 0 Å². The molecule has 0 fully saturated rings. The van der Waals surface area contributed by atoms with E-state index in [4.69, 9.17) is 9.47 Å². The number of ether oxygens (including phenoxy) is 2. The van der Waals surface area contributed by atoms with E-state index in [9.17, 15) is 9.59 Å². The Balaban J connectivity index is 2.45. The molecule has 6 nitrogen and oxygen atoms in total. The summed E-state index contributed by atoms with van der Waals surface area (Å²) >= 11 is 1.29. The summed E-state index contributed by atoms with van der Waals surface area (Å²) in [7, 11) is 0. The topological polar surface area (TPSA) is 76.7 Å². The zero-order chi connectivity index (χ0) is 14.8. The molecule has 0 saturated carbocycles. The van der Waals surface area contributed by atoms with Crippen LogP contribution < -0.4 is 20.1 Å². The molecule has 20 heavy (non-hydrogen) atoms. The van der Waals surface area contributed by atoms with Crippen LogP contribution in [-0.4, -0.2) is 25.3 Å². The molecule has 7 heteroatoms. The summed E-state index contributed by atoms with van der Waals surface area (Å²) < 4.78 is 10.2. The van der Waals surface area contributed by atoms with Crippen LogP contribution in [0.15, 0.2) is 10.8 Å². The number of hydrogen-bond donors (Lipinski definition) is 2. The Morgan fingerprint density at radius 3 is 2.05 bits per heavy atom. The van der Waals surface area contributed by atoms with Crippen LogP contribution in [0.25, 0.3) is 0 Å². The Hall–Kier alpha value is -1.76. The first kappa shape index (κ1) is 16.3. The highest BCUT2D eigenvalue weighted by Crippen LogP contribution is 2.31. The largest absolute Gasteiger partial charge is 0.412 e. The Morgan fingerprint density at radius 2 is 1.55 bits per heavy atom. The van der Waals surface area contributed by atoms with Crippen molar-refractivity contribution in [1.82, 2.24) is 10.6 Å². The summed E-state index contributed by atoms with van der Waals surface area (Å²) in [6, 6.07) is 0. The van der Waals surface area contributed by atoms with Crippen molar-refractivity contribution < 1.29 is 19.1 Å². The lowest BCUT2D eigenvalue weighted by Crippen LogP contribution is -2.29. The molecule has 0 aliphatic carbocycles. The summed E-state index contributed by atoms with van der Waals surface area (Å²) in [4.78, 5) is 22.9. The maximum Gasteiger partial charge on any atom is 0.412 e. The Labute approximate surface area is 122 Å². The van der Waals surface area contributed by atoms with Crippen molar-refractivity contribution in [2.24, 2.45) is 0 Å². The number of rotatable bonds is 7. The van der Waals surface area contributed by atoms with E-state index in [0.717, 1.165) is 19.3 Å². The number of carbonyl (C=O) groups is 2. The molecule has 0 aromatic carbocycles. The Morgan fingerprint density at radius 1 is 1.00 bits per heavy atom. The lowest BCUT2D eigenvalue weighted by molar-refractivity contribution is 0.190. The molecule has 0 unspecified atom stereocenters. The third-order valence-electron chi connectivity index (χ3n) is 2.32. The van der Waals surface area contributed by atoms with Crippen LogP contribution in [0.3, 0.4) is 0 Å². The SMILES string of the molecule is CCCCNC(=O)Oc1cscc1OC(=O)NCCC. The first-order valence-corrected chi connectivity index (χ1v) is 7.59. The fourth-order valence-corrected chi connectivity index (χ4v) is 1.93. The normalized spacial score (nSPS) is 9.90. The molecule has 2 N–H and O–H groups in total. The predicted molar refractivity (Wildman–Crippen MR) is 77.6 cm³/mol. The Bertz CT molecular complexity index is 434. The molecule has 1 heterocycles. The average Bonchev–Trinajstić information content (AvgIpc) is 2.84. The Kier molecular flexibility index (Phi) is 7.49. The van der Waals surface area contributed by atoms with Crippen LogP contribution in [0.2, 0.25) is 0 Å². The molecule has 0 saturated heterocycles. The van der Waals surface area contributed by atoms with Gasteiger partial charge in [0.05, 0.1) is 0 Å². The predicted octanol–water partition coefficient (Wildman–Crippen LogP) is 3.14. The van der Waals surface area contributed by atoms with E-state index in [1.165, 1.54) is 11.3 Å². The maximum absolute atomic E-state index is 11.5. The third-order valence-corrected chi connectivity index (χ3v) is 3.02. The summed E-state index contributed by atoms with van der Waals surface area (Å²) in [5, 5.41) is 8.43. The van der Waals surface area contributed by atoms with Gasteiger partial charge in [0.25, 0.3) is 0 Å². The molecule has 1 rings (SSSR count). The summed E-state index contributed by atoms with van der Waals surface area (Å²) in [5.41, 5.74) is 0. The van der Waals surface area contributed by atoms with Gasteiger partial charge in [0.2, 0.25) is 0 Å². The molecular formula is C13H20N2O4S. The monoisotopic (exact) mass is 300 g/mol. The number of unbranched alkanes of at least 4 members (excludes halogenated alkanes) is 1. The van der Waals surface area contributed by atoms with Gasteiger partial charge < -0.3 is 20.1 Å². The molecule has 1 aromatic rings. The number of thiophene rings is 1. The van der Waals surface area contributed by atoms with E-state index in [1.807, 2.05) is 13.8 Å². The van der Waals surface area contributed by atoms with Gasteiger partial charge in [0.15, 0.2) is 11.5 Å². The van der Waals surface area contributed by atoms with Gasteiger partial charge in [-0.15, -0.1) is 11.3 Å². The highest BCUT2D eigenvalue weighted by molar-refractivity contribution is 7.08. The van der Waals surface area contributed by atoms with E-state index in [0.29, 0.717) is 13.1 Å². The van der Waals surface area contributed by atoms with E-state index >= 15 is 0 Å². The second kappa shape index (κ2) is 9.19. The minimum Gasteiger partial charge on any atom is -0.405 e. The van der Waals surface area contributed by atoms with Gasteiger partial charge in [-0.1, -0.05) is 20.3 Å². The van der Waals surface area contributed by atoms with Crippen molar-refractivity contribution in [3.8, 4) is 11.5 Å². The molecule has 0 aliphatic rings. The number of hydrogen-bond acceptors (Lipinski definition) is 5. The highest BCUT2D eigenvalue weighted by Gasteiger charge is 2.14. The lowest BCUT2D eigenvalue weighted by Gasteiger charge is -2.08. The van der Waals surface area contributed by atoms with Crippen molar-refractivity contribution in [3.63, 3.8) is 0 Å². The second-order valence-electron chi connectivity index (χ2n) is 4.09. The first-order valence-electron chi connectivity index (χ1n) is 6.64. The zero-order valence-corrected chi connectivity index (χ0v) is 12.5. The fraction of sp³-hybridized carbons (Fsp3) is 0.538. The summed E-state index contributed by atoms with van der Waals surface area (Å²) in [5.74, 6) is 0.491. The molecule has 0 atom stereocenters. The molecule has 0 radical (unpaired) electrons. The molecule has 2 amide bonds. The van der Waals surface area contributed by atoms with Crippen molar-refractivity contribution in [3.05, 3.63) is 10.8 Å². The second-order valence-corrected chi connectivity index (χ2v) is 4.83. The lowest BCUT2D eigenvalue weighted by atomic mass is 10.3. The van der Waals surface area contributed by atoms with Crippen LogP contribution in [0.1, 0.15) is 33.1 Å². The minimum atomic E-state index is -0.554. The maximum atomic E-state index is 11.5. The van der Waals surface area contributed by atoms with Gasteiger partial charge in [0.1, 0.15) is 0 Å². The number of amides is 2. The van der Waals surface area contributed by atoms with Crippen LogP contribution >= 0.6 is 11.3 Å². The quantitative estimate of drug-likeness (QED) is 0.758. The average molecular weight is 300 g/mol. The molecule has 0 spiro atoms. The van der Waals surface area contributed by atoms with Crippen molar-refractivity contribution in [1.29, 1.82) is 0 Å². The smallest absolute Gasteiger partial charge is 0.405 e. The molecular weight excluding hydrogens is 280 g/mol. The molecule has 1 aromatic heterocycles. The standard InChI is InChI=1S/C13H20N2O4S/c1-3-5-7-15-13(17)19-11-9-20-8-10(11)18-12(16)14-6-4-2/h8-9H,3-7H2,1-2H3,(H,14,16)(H,15,17). The van der Waals surface area contributed by atoms with E-state index in [1.54, 1.807) is 10.8 Å². The summed E-state index contributed by atoms with van der Waals surface area (Å²) in [6.45, 7) is 5.08. The van der Waals surface area contributed by atoms with Gasteiger partial charge >= 0.3 is 12.2 Å². The number of nitrogens with one attached hydrogen (secondary N) is 2. The van der Waals surface area contributed by atoms with Gasteiger partial charge in [0, 0.05) is 23.8 Å². The van der Waals surface area contributed by atoms with Crippen molar-refractivity contribution >= 4 is 23.5 Å². The number of carbonyl (C=O) groups excluding carboxylic acids is 2. The zero-order valence-electron chi connectivity index (χ0n) is 11.7. The van der Waals surface area contributed by atoms with E-state index < -0.39 is 12.2 Å². The molecule has 0 bridgehead atoms. The van der Waals surface area contributed by atoms with Crippen LogP contribution in [0.4, 0.5) is 9.59 Å². The van der Waals surface area contributed by atoms with Crippen LogP contribution in [-0.2, 0) is 0 Å². The van der Waals surface area contributed by atoms with Gasteiger partial charge in [-0.25, -0.2) is 9.59 Å². The van der Waals surface area contributed by atoms with Crippen molar-refractivity contribution in [2.75, 3.05) is 13.1 Å². The molecule has 0 aliphatic heterocycles. The highest BCUT2D eigenvalue weighted by atomic mass is 32.1. The fourth-order valence-electron chi connectivity index (χ4n) is 1.29. The first-order chi connectivity index (χ1) is 9.67. The molecule has 112 valence electrons. The van der Waals surface area contributed by atoms with Gasteiger partial charge in [-0.05, 0) is 12.8 Å². The van der Waals surface area contributed by atoms with Gasteiger partial charge in [-0.2, -0.15) is 0 Å².